The number of rotatable bonds is 9. The Labute approximate surface area is 154 Å². The lowest BCUT2D eigenvalue weighted by molar-refractivity contribution is 0.459. The maximum absolute atomic E-state index is 10.2. The van der Waals surface area contributed by atoms with Gasteiger partial charge in [-0.2, -0.15) is 0 Å². The highest BCUT2D eigenvalue weighted by Gasteiger charge is 2.00. The lowest BCUT2D eigenvalue weighted by Gasteiger charge is -2.05. The second kappa shape index (κ2) is 13.0. The summed E-state index contributed by atoms with van der Waals surface area (Å²) >= 11 is 0. The third-order valence-electron chi connectivity index (χ3n) is 3.68. The van der Waals surface area contributed by atoms with Gasteiger partial charge in [0, 0.05) is 5.75 Å². The Balaban J connectivity index is 0.000000252. The molecule has 0 saturated carbocycles. The smallest absolute Gasteiger partial charge is 0.0945 e. The molecule has 0 saturated heterocycles. The van der Waals surface area contributed by atoms with Gasteiger partial charge in [0.05, 0.1) is 29.3 Å². The van der Waals surface area contributed by atoms with Crippen LogP contribution in [0.5, 0.6) is 0 Å². The average Bonchev–Trinajstić information content (AvgIpc) is 2.59. The van der Waals surface area contributed by atoms with Gasteiger partial charge < -0.3 is 4.55 Å². The van der Waals surface area contributed by atoms with Crippen molar-refractivity contribution in [1.29, 1.82) is 0 Å². The van der Waals surface area contributed by atoms with E-state index in [0.717, 1.165) is 19.3 Å². The Bertz CT molecular complexity index is 620. The van der Waals surface area contributed by atoms with Crippen molar-refractivity contribution in [1.82, 2.24) is 0 Å². The molecule has 0 spiro atoms. The predicted octanol–water partition coefficient (Wildman–Crippen LogP) is 3.94. The molecule has 0 aliphatic rings. The Kier molecular flexibility index (Phi) is 11.4. The second-order valence-corrected chi connectivity index (χ2v) is 9.14. The Hall–Kier alpha value is -1.22. The van der Waals surface area contributed by atoms with Crippen LogP contribution in [0.2, 0.25) is 0 Å². The maximum Gasteiger partial charge on any atom is 0.0945 e. The first-order chi connectivity index (χ1) is 12.0. The molecule has 0 aliphatic carbocycles. The van der Waals surface area contributed by atoms with Gasteiger partial charge in [-0.15, -0.1) is 0 Å². The van der Waals surface area contributed by atoms with Crippen molar-refractivity contribution in [2.75, 3.05) is 5.75 Å². The minimum Gasteiger partial charge on any atom is -0.748 e. The van der Waals surface area contributed by atoms with Crippen molar-refractivity contribution in [2.24, 2.45) is 0 Å². The van der Waals surface area contributed by atoms with Crippen molar-refractivity contribution >= 4 is 29.3 Å². The minimum atomic E-state index is -3.97. The zero-order chi connectivity index (χ0) is 18.4. The third kappa shape index (κ3) is 12.7. The molecule has 5 heteroatoms. The molecule has 25 heavy (non-hydrogen) atoms. The van der Waals surface area contributed by atoms with E-state index in [4.69, 9.17) is 0 Å². The molecule has 0 amide bonds. The Morgan fingerprint density at radius 3 is 1.64 bits per heavy atom. The molecular weight excluding hydrogens is 351 g/mol. The average molecular weight is 380 g/mol. The lowest BCUT2D eigenvalue weighted by atomic mass is 10.1. The summed E-state index contributed by atoms with van der Waals surface area (Å²) in [6.07, 6.45) is 5.96. The molecular formula is C20H29O3PS. The lowest BCUT2D eigenvalue weighted by Crippen LogP contribution is -2.03. The molecule has 0 aromatic heterocycles. The van der Waals surface area contributed by atoms with Crippen LogP contribution in [0, 0.1) is 0 Å². The fourth-order valence-corrected chi connectivity index (χ4v) is 4.12. The van der Waals surface area contributed by atoms with Gasteiger partial charge in [-0.3, -0.25) is 0 Å². The topological polar surface area (TPSA) is 57.2 Å². The van der Waals surface area contributed by atoms with E-state index in [2.05, 4.69) is 67.6 Å². The van der Waals surface area contributed by atoms with Crippen LogP contribution >= 0.6 is 8.58 Å². The van der Waals surface area contributed by atoms with E-state index in [1.54, 1.807) is 0 Å². The number of benzene rings is 2. The number of unbranched alkanes of at least 4 members (excludes halogenated alkanes) is 5. The van der Waals surface area contributed by atoms with E-state index in [-0.39, 0.29) is 14.3 Å². The highest BCUT2D eigenvalue weighted by atomic mass is 32.2. The summed E-state index contributed by atoms with van der Waals surface area (Å²) in [4.78, 5) is 0. The molecule has 2 aromatic rings. The van der Waals surface area contributed by atoms with E-state index in [9.17, 15) is 13.0 Å². The SMILES string of the molecule is CCCCCCCCS(=O)(=O)[O-].c1ccc([PH2+]c2ccccc2)cc1. The zero-order valence-corrected chi connectivity index (χ0v) is 16.9. The summed E-state index contributed by atoms with van der Waals surface area (Å²) < 4.78 is 30.5. The van der Waals surface area contributed by atoms with Crippen LogP contribution in [0.15, 0.2) is 60.7 Å². The number of hydrogen-bond donors (Lipinski definition) is 0. The molecule has 0 N–H and O–H groups in total. The van der Waals surface area contributed by atoms with Crippen molar-refractivity contribution in [3.05, 3.63) is 60.7 Å². The summed E-state index contributed by atoms with van der Waals surface area (Å²) in [7, 11) is -3.70. The first-order valence-electron chi connectivity index (χ1n) is 8.89. The highest BCUT2D eigenvalue weighted by Crippen LogP contribution is 2.08. The first-order valence-corrected chi connectivity index (χ1v) is 11.6. The van der Waals surface area contributed by atoms with Gasteiger partial charge in [-0.05, 0) is 30.7 Å². The molecule has 2 aromatic carbocycles. The molecule has 0 fully saturated rings. The standard InChI is InChI=1S/C12H11P.C8H18O3S/c1-3-7-11(8-4-1)13-12-9-5-2-6-10-12;1-2-3-4-5-6-7-8-12(9,10)11/h1-10,13H;2-8H2,1H3,(H,9,10,11). The van der Waals surface area contributed by atoms with Gasteiger partial charge in [0.25, 0.3) is 0 Å². The van der Waals surface area contributed by atoms with E-state index in [0.29, 0.717) is 6.42 Å². The molecule has 0 unspecified atom stereocenters. The molecule has 0 bridgehead atoms. The van der Waals surface area contributed by atoms with Gasteiger partial charge in [-0.1, -0.05) is 75.4 Å². The maximum atomic E-state index is 10.2. The van der Waals surface area contributed by atoms with Crippen LogP contribution in [0.1, 0.15) is 45.4 Å². The summed E-state index contributed by atoms with van der Waals surface area (Å²) in [5, 5.41) is 2.90. The van der Waals surface area contributed by atoms with Gasteiger partial charge >= 0.3 is 0 Å². The van der Waals surface area contributed by atoms with Crippen LogP contribution in [0.3, 0.4) is 0 Å². The number of hydrogen-bond acceptors (Lipinski definition) is 3. The van der Waals surface area contributed by atoms with E-state index in [1.165, 1.54) is 23.5 Å². The van der Waals surface area contributed by atoms with E-state index < -0.39 is 10.1 Å². The Morgan fingerprint density at radius 2 is 1.20 bits per heavy atom. The minimum absolute atomic E-state index is 0.195. The summed E-state index contributed by atoms with van der Waals surface area (Å²) in [6.45, 7) is 2.13. The summed E-state index contributed by atoms with van der Waals surface area (Å²) in [5.41, 5.74) is 0. The molecule has 0 aliphatic heterocycles. The van der Waals surface area contributed by atoms with E-state index in [1.807, 2.05) is 0 Å². The fraction of sp³-hybridized carbons (Fsp3) is 0.400. The quantitative estimate of drug-likeness (QED) is 0.376. The Morgan fingerprint density at radius 1 is 0.760 bits per heavy atom. The first kappa shape index (κ1) is 21.8. The van der Waals surface area contributed by atoms with Crippen molar-refractivity contribution in [3.8, 4) is 0 Å². The van der Waals surface area contributed by atoms with Gasteiger partial charge in [0.1, 0.15) is 0 Å². The van der Waals surface area contributed by atoms with Crippen molar-refractivity contribution in [3.63, 3.8) is 0 Å². The van der Waals surface area contributed by atoms with E-state index >= 15 is 0 Å². The summed E-state index contributed by atoms with van der Waals surface area (Å²) in [6, 6.07) is 21.3. The van der Waals surface area contributed by atoms with Crippen LogP contribution in [0.25, 0.3) is 0 Å². The van der Waals surface area contributed by atoms with Crippen molar-refractivity contribution in [2.45, 2.75) is 45.4 Å². The van der Waals surface area contributed by atoms with Crippen molar-refractivity contribution < 1.29 is 13.0 Å². The monoisotopic (exact) mass is 380 g/mol. The molecule has 138 valence electrons. The molecule has 0 atom stereocenters. The zero-order valence-electron chi connectivity index (χ0n) is 14.9. The summed E-state index contributed by atoms with van der Waals surface area (Å²) in [5.74, 6) is -0.195. The fourth-order valence-electron chi connectivity index (χ4n) is 2.35. The third-order valence-corrected chi connectivity index (χ3v) is 5.91. The highest BCUT2D eigenvalue weighted by molar-refractivity contribution is 7.85. The second-order valence-electron chi connectivity index (χ2n) is 6.00. The molecule has 0 heterocycles. The van der Waals surface area contributed by atoms with Gasteiger partial charge in [0.15, 0.2) is 0 Å². The van der Waals surface area contributed by atoms with Gasteiger partial charge in [0.2, 0.25) is 0 Å². The van der Waals surface area contributed by atoms with Crippen LogP contribution < -0.4 is 10.6 Å². The molecule has 3 nitrogen and oxygen atoms in total. The van der Waals surface area contributed by atoms with Gasteiger partial charge in [-0.25, -0.2) is 8.42 Å². The largest absolute Gasteiger partial charge is 0.748 e. The van der Waals surface area contributed by atoms with Crippen LogP contribution in [-0.2, 0) is 10.1 Å². The molecule has 2 rings (SSSR count). The van der Waals surface area contributed by atoms with Crippen LogP contribution in [0.4, 0.5) is 0 Å². The normalized spacial score (nSPS) is 10.8. The van der Waals surface area contributed by atoms with Crippen LogP contribution in [-0.4, -0.2) is 18.7 Å². The molecule has 0 radical (unpaired) electrons. The predicted molar refractivity (Wildman–Crippen MR) is 110 cm³/mol.